The summed E-state index contributed by atoms with van der Waals surface area (Å²) in [7, 11) is 0. The fraction of sp³-hybridized carbons (Fsp3) is 0.118. The lowest BCUT2D eigenvalue weighted by atomic mass is 10.2. The molecule has 0 aromatic heterocycles. The van der Waals surface area contributed by atoms with Crippen LogP contribution in [0.4, 0.5) is 10.5 Å². The molecule has 0 aliphatic rings. The van der Waals surface area contributed by atoms with Gasteiger partial charge in [0, 0.05) is 21.8 Å². The Morgan fingerprint density at radius 3 is 2.24 bits per heavy atom. The van der Waals surface area contributed by atoms with Crippen molar-refractivity contribution in [2.75, 3.05) is 11.9 Å². The largest absolute Gasteiger partial charge is 0.450 e. The third kappa shape index (κ3) is 5.50. The van der Waals surface area contributed by atoms with Gasteiger partial charge in [-0.25, -0.2) is 4.79 Å². The smallest absolute Gasteiger partial charge is 0.411 e. The molecular formula is C17H16ClN3O4. The highest BCUT2D eigenvalue weighted by atomic mass is 35.5. The Morgan fingerprint density at radius 1 is 0.960 bits per heavy atom. The summed E-state index contributed by atoms with van der Waals surface area (Å²) in [6.45, 7) is 1.93. The van der Waals surface area contributed by atoms with Gasteiger partial charge in [-0.1, -0.05) is 17.7 Å². The number of amides is 3. The van der Waals surface area contributed by atoms with Gasteiger partial charge in [0.05, 0.1) is 6.61 Å². The second kappa shape index (κ2) is 8.70. The van der Waals surface area contributed by atoms with Crippen molar-refractivity contribution in [3.63, 3.8) is 0 Å². The molecule has 0 unspecified atom stereocenters. The second-order valence-electron chi connectivity index (χ2n) is 4.84. The van der Waals surface area contributed by atoms with E-state index in [0.29, 0.717) is 16.3 Å². The summed E-state index contributed by atoms with van der Waals surface area (Å²) in [5, 5.41) is 3.00. The summed E-state index contributed by atoms with van der Waals surface area (Å²) in [5.74, 6) is -1.01. The summed E-state index contributed by atoms with van der Waals surface area (Å²) in [4.78, 5) is 35.4. The molecule has 0 spiro atoms. The number of hydrazine groups is 1. The highest BCUT2D eigenvalue weighted by Crippen LogP contribution is 2.11. The highest BCUT2D eigenvalue weighted by Gasteiger charge is 2.10. The Balaban J connectivity index is 1.95. The summed E-state index contributed by atoms with van der Waals surface area (Å²) in [6, 6.07) is 12.4. The van der Waals surface area contributed by atoms with Crippen LogP contribution in [0.15, 0.2) is 48.5 Å². The molecule has 8 heteroatoms. The summed E-state index contributed by atoms with van der Waals surface area (Å²) in [5.41, 5.74) is 5.61. The van der Waals surface area contributed by atoms with Crippen molar-refractivity contribution in [3.05, 3.63) is 64.7 Å². The molecule has 2 rings (SSSR count). The topological polar surface area (TPSA) is 96.5 Å². The van der Waals surface area contributed by atoms with Crippen molar-refractivity contribution < 1.29 is 19.1 Å². The third-order valence-electron chi connectivity index (χ3n) is 3.04. The molecule has 0 saturated carbocycles. The van der Waals surface area contributed by atoms with Crippen molar-refractivity contribution in [2.45, 2.75) is 6.92 Å². The van der Waals surface area contributed by atoms with Crippen molar-refractivity contribution in [3.8, 4) is 0 Å². The number of carbonyl (C=O) groups excluding carboxylic acids is 3. The average molecular weight is 362 g/mol. The Labute approximate surface area is 149 Å². The molecular weight excluding hydrogens is 346 g/mol. The van der Waals surface area contributed by atoms with Crippen LogP contribution < -0.4 is 16.2 Å². The first kappa shape index (κ1) is 18.3. The van der Waals surface area contributed by atoms with Gasteiger partial charge >= 0.3 is 6.09 Å². The SMILES string of the molecule is CCOC(=O)Nc1cccc(C(=O)NNC(=O)c2ccc(Cl)cc2)c1. The van der Waals surface area contributed by atoms with Gasteiger partial charge in [0.25, 0.3) is 11.8 Å². The van der Waals surface area contributed by atoms with E-state index in [1.807, 2.05) is 0 Å². The van der Waals surface area contributed by atoms with Gasteiger partial charge in [-0.15, -0.1) is 0 Å². The quantitative estimate of drug-likeness (QED) is 0.729. The van der Waals surface area contributed by atoms with Gasteiger partial charge in [-0.2, -0.15) is 0 Å². The van der Waals surface area contributed by atoms with E-state index in [9.17, 15) is 14.4 Å². The number of rotatable bonds is 4. The molecule has 2 aromatic carbocycles. The van der Waals surface area contributed by atoms with Crippen LogP contribution in [-0.2, 0) is 4.74 Å². The predicted molar refractivity (Wildman–Crippen MR) is 93.5 cm³/mol. The number of hydrogen-bond acceptors (Lipinski definition) is 4. The van der Waals surface area contributed by atoms with Gasteiger partial charge in [0.1, 0.15) is 0 Å². The van der Waals surface area contributed by atoms with E-state index in [4.69, 9.17) is 16.3 Å². The molecule has 0 heterocycles. The minimum absolute atomic E-state index is 0.239. The molecule has 0 bridgehead atoms. The van der Waals surface area contributed by atoms with Crippen LogP contribution in [0.2, 0.25) is 5.02 Å². The number of halogens is 1. The molecule has 7 nitrogen and oxygen atoms in total. The van der Waals surface area contributed by atoms with Crippen LogP contribution in [0.3, 0.4) is 0 Å². The zero-order chi connectivity index (χ0) is 18.2. The molecule has 0 aliphatic carbocycles. The lowest BCUT2D eigenvalue weighted by Crippen LogP contribution is -2.41. The molecule has 2 aromatic rings. The Morgan fingerprint density at radius 2 is 1.60 bits per heavy atom. The summed E-state index contributed by atoms with van der Waals surface area (Å²) >= 11 is 5.75. The van der Waals surface area contributed by atoms with Gasteiger partial charge in [-0.3, -0.25) is 25.8 Å². The summed E-state index contributed by atoms with van der Waals surface area (Å²) < 4.78 is 4.77. The average Bonchev–Trinajstić information content (AvgIpc) is 2.60. The first-order valence-electron chi connectivity index (χ1n) is 7.39. The Bertz CT molecular complexity index is 778. The maximum atomic E-state index is 12.1. The van der Waals surface area contributed by atoms with Crippen molar-refractivity contribution in [1.82, 2.24) is 10.9 Å². The first-order chi connectivity index (χ1) is 12.0. The molecule has 0 fully saturated rings. The minimum atomic E-state index is -0.615. The monoisotopic (exact) mass is 361 g/mol. The Kier molecular flexibility index (Phi) is 6.36. The molecule has 130 valence electrons. The van der Waals surface area contributed by atoms with Crippen molar-refractivity contribution >= 4 is 35.2 Å². The maximum Gasteiger partial charge on any atom is 0.411 e. The standard InChI is InChI=1S/C17H16ClN3O4/c1-2-25-17(24)19-14-5-3-4-12(10-14)16(23)21-20-15(22)11-6-8-13(18)9-7-11/h3-10H,2H2,1H3,(H,19,24)(H,20,22)(H,21,23). The minimum Gasteiger partial charge on any atom is -0.450 e. The Hall–Kier alpha value is -3.06. The van der Waals surface area contributed by atoms with Crippen LogP contribution in [0.1, 0.15) is 27.6 Å². The van der Waals surface area contributed by atoms with Crippen LogP contribution >= 0.6 is 11.6 Å². The second-order valence-corrected chi connectivity index (χ2v) is 5.28. The van der Waals surface area contributed by atoms with Gasteiger partial charge < -0.3 is 4.74 Å². The van der Waals surface area contributed by atoms with Gasteiger partial charge in [0.15, 0.2) is 0 Å². The zero-order valence-electron chi connectivity index (χ0n) is 13.3. The lowest BCUT2D eigenvalue weighted by molar-refractivity contribution is 0.0846. The number of carbonyl (C=O) groups is 3. The lowest BCUT2D eigenvalue weighted by Gasteiger charge is -2.09. The number of anilines is 1. The molecule has 0 saturated heterocycles. The van der Waals surface area contributed by atoms with Crippen LogP contribution in [0.5, 0.6) is 0 Å². The highest BCUT2D eigenvalue weighted by molar-refractivity contribution is 6.30. The molecule has 25 heavy (non-hydrogen) atoms. The van der Waals surface area contributed by atoms with Gasteiger partial charge in [0.2, 0.25) is 0 Å². The van der Waals surface area contributed by atoms with E-state index in [2.05, 4.69) is 16.2 Å². The molecule has 3 amide bonds. The van der Waals surface area contributed by atoms with E-state index in [1.54, 1.807) is 37.3 Å². The molecule has 0 atom stereocenters. The number of hydrogen-bond donors (Lipinski definition) is 3. The fourth-order valence-electron chi connectivity index (χ4n) is 1.88. The number of benzene rings is 2. The van der Waals surface area contributed by atoms with Gasteiger partial charge in [-0.05, 0) is 49.4 Å². The van der Waals surface area contributed by atoms with E-state index in [0.717, 1.165) is 0 Å². The number of nitrogens with one attached hydrogen (secondary N) is 3. The normalized spacial score (nSPS) is 9.84. The summed E-state index contributed by atoms with van der Waals surface area (Å²) in [6.07, 6.45) is -0.615. The zero-order valence-corrected chi connectivity index (χ0v) is 14.1. The van der Waals surface area contributed by atoms with E-state index < -0.39 is 17.9 Å². The maximum absolute atomic E-state index is 12.1. The van der Waals surface area contributed by atoms with E-state index in [-0.39, 0.29) is 12.2 Å². The fourth-order valence-corrected chi connectivity index (χ4v) is 2.01. The first-order valence-corrected chi connectivity index (χ1v) is 7.77. The van der Waals surface area contributed by atoms with E-state index >= 15 is 0 Å². The van der Waals surface area contributed by atoms with Crippen molar-refractivity contribution in [2.24, 2.45) is 0 Å². The van der Waals surface area contributed by atoms with E-state index in [1.165, 1.54) is 18.2 Å². The molecule has 0 radical (unpaired) electrons. The van der Waals surface area contributed by atoms with Crippen LogP contribution in [0, 0.1) is 0 Å². The molecule has 3 N–H and O–H groups in total. The predicted octanol–water partition coefficient (Wildman–Crippen LogP) is 2.98. The number of ether oxygens (including phenoxy) is 1. The van der Waals surface area contributed by atoms with Crippen LogP contribution in [-0.4, -0.2) is 24.5 Å². The third-order valence-corrected chi connectivity index (χ3v) is 3.29. The van der Waals surface area contributed by atoms with Crippen molar-refractivity contribution in [1.29, 1.82) is 0 Å². The van der Waals surface area contributed by atoms with Crippen LogP contribution in [0.25, 0.3) is 0 Å². The molecule has 0 aliphatic heterocycles.